The lowest BCUT2D eigenvalue weighted by molar-refractivity contribution is 0.570. The smallest absolute Gasteiger partial charge is 0.226 e. The first kappa shape index (κ1) is 9.93. The molecule has 1 unspecified atom stereocenters. The van der Waals surface area contributed by atoms with Gasteiger partial charge in [-0.15, -0.1) is 0 Å². The zero-order chi connectivity index (χ0) is 10.8. The Morgan fingerprint density at radius 2 is 1.93 bits per heavy atom. The number of aryl methyl sites for hydroxylation is 1. The quantitative estimate of drug-likeness (QED) is 0.814. The molecule has 1 aromatic heterocycles. The molecule has 0 saturated carbocycles. The number of benzene rings is 1. The lowest BCUT2D eigenvalue weighted by atomic mass is 10.1. The third-order valence-corrected chi connectivity index (χ3v) is 2.29. The van der Waals surface area contributed by atoms with Crippen molar-refractivity contribution in [2.24, 2.45) is 5.73 Å². The molecule has 0 spiro atoms. The fourth-order valence-corrected chi connectivity index (χ4v) is 1.32. The van der Waals surface area contributed by atoms with Gasteiger partial charge in [0.05, 0.1) is 5.69 Å². The van der Waals surface area contributed by atoms with Gasteiger partial charge in [-0.2, -0.15) is 0 Å². The maximum atomic E-state index is 5.71. The predicted octanol–water partition coefficient (Wildman–Crippen LogP) is 2.67. The molecule has 3 nitrogen and oxygen atoms in total. The van der Waals surface area contributed by atoms with Crippen molar-refractivity contribution in [3.8, 4) is 11.5 Å². The topological polar surface area (TPSA) is 52.0 Å². The molecule has 0 fully saturated rings. The monoisotopic (exact) mass is 202 g/mol. The van der Waals surface area contributed by atoms with Crippen LogP contribution in [0.5, 0.6) is 0 Å². The van der Waals surface area contributed by atoms with Crippen LogP contribution in [0, 0.1) is 6.92 Å². The van der Waals surface area contributed by atoms with Crippen LogP contribution in [0.1, 0.15) is 24.2 Å². The van der Waals surface area contributed by atoms with Crippen LogP contribution in [0.4, 0.5) is 0 Å². The van der Waals surface area contributed by atoms with Crippen molar-refractivity contribution < 1.29 is 4.42 Å². The molecule has 78 valence electrons. The second-order valence-corrected chi connectivity index (χ2v) is 3.73. The van der Waals surface area contributed by atoms with E-state index >= 15 is 0 Å². The van der Waals surface area contributed by atoms with Crippen LogP contribution < -0.4 is 5.73 Å². The Morgan fingerprint density at radius 3 is 2.47 bits per heavy atom. The SMILES string of the molecule is Cc1ccc(-c2nc(C(C)N)co2)cc1. The summed E-state index contributed by atoms with van der Waals surface area (Å²) in [5.41, 5.74) is 8.69. The number of aromatic nitrogens is 1. The van der Waals surface area contributed by atoms with Gasteiger partial charge in [0.2, 0.25) is 5.89 Å². The first-order valence-electron chi connectivity index (χ1n) is 4.95. The summed E-state index contributed by atoms with van der Waals surface area (Å²) in [4.78, 5) is 4.32. The highest BCUT2D eigenvalue weighted by molar-refractivity contribution is 5.53. The van der Waals surface area contributed by atoms with Crippen molar-refractivity contribution in [1.29, 1.82) is 0 Å². The van der Waals surface area contributed by atoms with E-state index < -0.39 is 0 Å². The highest BCUT2D eigenvalue weighted by Gasteiger charge is 2.08. The number of rotatable bonds is 2. The fourth-order valence-electron chi connectivity index (χ4n) is 1.32. The largest absolute Gasteiger partial charge is 0.444 e. The van der Waals surface area contributed by atoms with Gasteiger partial charge in [0.25, 0.3) is 0 Å². The molecule has 1 atom stereocenters. The van der Waals surface area contributed by atoms with Crippen molar-refractivity contribution in [2.75, 3.05) is 0 Å². The van der Waals surface area contributed by atoms with E-state index in [1.165, 1.54) is 5.56 Å². The third kappa shape index (κ3) is 2.07. The van der Waals surface area contributed by atoms with E-state index in [0.717, 1.165) is 11.3 Å². The minimum atomic E-state index is -0.0899. The van der Waals surface area contributed by atoms with E-state index in [4.69, 9.17) is 10.2 Å². The highest BCUT2D eigenvalue weighted by atomic mass is 16.3. The number of hydrogen-bond acceptors (Lipinski definition) is 3. The van der Waals surface area contributed by atoms with Crippen molar-refractivity contribution in [2.45, 2.75) is 19.9 Å². The normalized spacial score (nSPS) is 12.7. The molecule has 0 amide bonds. The minimum Gasteiger partial charge on any atom is -0.444 e. The van der Waals surface area contributed by atoms with Gasteiger partial charge >= 0.3 is 0 Å². The third-order valence-electron chi connectivity index (χ3n) is 2.29. The molecule has 1 heterocycles. The summed E-state index contributed by atoms with van der Waals surface area (Å²) in [6.07, 6.45) is 1.61. The molecular formula is C12H14N2O. The molecule has 1 aromatic carbocycles. The molecule has 0 radical (unpaired) electrons. The fraction of sp³-hybridized carbons (Fsp3) is 0.250. The van der Waals surface area contributed by atoms with Crippen LogP contribution in [0.2, 0.25) is 0 Å². The van der Waals surface area contributed by atoms with E-state index in [9.17, 15) is 0 Å². The van der Waals surface area contributed by atoms with Gasteiger partial charge in [0, 0.05) is 11.6 Å². The Hall–Kier alpha value is -1.61. The summed E-state index contributed by atoms with van der Waals surface area (Å²) in [7, 11) is 0. The van der Waals surface area contributed by atoms with Crippen molar-refractivity contribution in [3.63, 3.8) is 0 Å². The molecule has 15 heavy (non-hydrogen) atoms. The van der Waals surface area contributed by atoms with Gasteiger partial charge in [0.1, 0.15) is 6.26 Å². The van der Waals surface area contributed by atoms with Crippen LogP contribution in [0.3, 0.4) is 0 Å². The van der Waals surface area contributed by atoms with E-state index in [2.05, 4.69) is 4.98 Å². The minimum absolute atomic E-state index is 0.0899. The molecule has 2 aromatic rings. The maximum Gasteiger partial charge on any atom is 0.226 e. The molecule has 2 rings (SSSR count). The van der Waals surface area contributed by atoms with Gasteiger partial charge in [-0.1, -0.05) is 17.7 Å². The average Bonchev–Trinajstić information content (AvgIpc) is 2.68. The van der Waals surface area contributed by atoms with Gasteiger partial charge < -0.3 is 10.2 Å². The molecule has 0 aliphatic carbocycles. The summed E-state index contributed by atoms with van der Waals surface area (Å²) < 4.78 is 5.36. The Balaban J connectivity index is 2.33. The summed E-state index contributed by atoms with van der Waals surface area (Å²) in [6.45, 7) is 3.93. The predicted molar refractivity (Wildman–Crippen MR) is 59.3 cm³/mol. The lowest BCUT2D eigenvalue weighted by Crippen LogP contribution is -2.04. The lowest BCUT2D eigenvalue weighted by Gasteiger charge is -1.97. The van der Waals surface area contributed by atoms with E-state index in [1.54, 1.807) is 6.26 Å². The zero-order valence-electron chi connectivity index (χ0n) is 8.90. The summed E-state index contributed by atoms with van der Waals surface area (Å²) >= 11 is 0. The standard InChI is InChI=1S/C12H14N2O/c1-8-3-5-10(6-4-8)12-14-11(7-15-12)9(2)13/h3-7,9H,13H2,1-2H3. The molecule has 0 bridgehead atoms. The number of nitrogens with two attached hydrogens (primary N) is 1. The van der Waals surface area contributed by atoms with Crippen molar-refractivity contribution >= 4 is 0 Å². The Labute approximate surface area is 88.9 Å². The number of oxazole rings is 1. The molecule has 0 aliphatic heterocycles. The number of nitrogens with zero attached hydrogens (tertiary/aromatic N) is 1. The molecular weight excluding hydrogens is 188 g/mol. The van der Waals surface area contributed by atoms with Crippen LogP contribution in [0.15, 0.2) is 34.9 Å². The molecule has 0 aliphatic rings. The first-order valence-corrected chi connectivity index (χ1v) is 4.95. The highest BCUT2D eigenvalue weighted by Crippen LogP contribution is 2.20. The summed E-state index contributed by atoms with van der Waals surface area (Å²) in [5.74, 6) is 0.627. The van der Waals surface area contributed by atoms with Crippen molar-refractivity contribution in [1.82, 2.24) is 4.98 Å². The van der Waals surface area contributed by atoms with Gasteiger partial charge in [-0.05, 0) is 26.0 Å². The average molecular weight is 202 g/mol. The van der Waals surface area contributed by atoms with Crippen LogP contribution in [-0.4, -0.2) is 4.98 Å². The van der Waals surface area contributed by atoms with Crippen LogP contribution >= 0.6 is 0 Å². The second kappa shape index (κ2) is 3.87. The molecule has 2 N–H and O–H groups in total. The van der Waals surface area contributed by atoms with Crippen LogP contribution in [0.25, 0.3) is 11.5 Å². The van der Waals surface area contributed by atoms with E-state index in [-0.39, 0.29) is 6.04 Å². The number of hydrogen-bond donors (Lipinski definition) is 1. The van der Waals surface area contributed by atoms with Crippen molar-refractivity contribution in [3.05, 3.63) is 41.8 Å². The Bertz CT molecular complexity index is 443. The molecule has 3 heteroatoms. The Morgan fingerprint density at radius 1 is 1.27 bits per heavy atom. The van der Waals surface area contributed by atoms with Crippen LogP contribution in [-0.2, 0) is 0 Å². The molecule has 0 saturated heterocycles. The Kier molecular flexibility index (Phi) is 2.56. The zero-order valence-corrected chi connectivity index (χ0v) is 8.90. The second-order valence-electron chi connectivity index (χ2n) is 3.73. The van der Waals surface area contributed by atoms with Gasteiger partial charge in [-0.3, -0.25) is 0 Å². The maximum absolute atomic E-state index is 5.71. The summed E-state index contributed by atoms with van der Waals surface area (Å²) in [5, 5.41) is 0. The first-order chi connectivity index (χ1) is 7.16. The summed E-state index contributed by atoms with van der Waals surface area (Å²) in [6, 6.07) is 7.96. The van der Waals surface area contributed by atoms with E-state index in [1.807, 2.05) is 38.1 Å². The van der Waals surface area contributed by atoms with Gasteiger partial charge in [-0.25, -0.2) is 4.98 Å². The van der Waals surface area contributed by atoms with Gasteiger partial charge in [0.15, 0.2) is 0 Å². The van der Waals surface area contributed by atoms with E-state index in [0.29, 0.717) is 5.89 Å².